The van der Waals surface area contributed by atoms with E-state index < -0.39 is 0 Å². The highest BCUT2D eigenvalue weighted by Crippen LogP contribution is 2.13. The second kappa shape index (κ2) is 4.32. The molecule has 0 aliphatic carbocycles. The van der Waals surface area contributed by atoms with Crippen LogP contribution in [0.5, 0.6) is 0 Å². The van der Waals surface area contributed by atoms with Crippen LogP contribution in [0.25, 0.3) is 0 Å². The Morgan fingerprint density at radius 3 is 2.62 bits per heavy atom. The summed E-state index contributed by atoms with van der Waals surface area (Å²) in [7, 11) is 1.68. The highest BCUT2D eigenvalue weighted by atomic mass is 16.5. The Labute approximate surface area is 78.1 Å². The summed E-state index contributed by atoms with van der Waals surface area (Å²) in [6.07, 6.45) is 0. The van der Waals surface area contributed by atoms with Gasteiger partial charge < -0.3 is 4.74 Å². The van der Waals surface area contributed by atoms with E-state index in [2.05, 4.69) is 29.4 Å². The van der Waals surface area contributed by atoms with E-state index in [0.29, 0.717) is 12.5 Å². The van der Waals surface area contributed by atoms with Crippen molar-refractivity contribution in [2.45, 2.75) is 32.7 Å². The predicted molar refractivity (Wildman–Crippen MR) is 48.5 cm³/mol. The van der Waals surface area contributed by atoms with Crippen LogP contribution < -0.4 is 0 Å². The molecule has 1 unspecified atom stereocenters. The Kier molecular flexibility index (Phi) is 3.36. The average molecular weight is 184 g/mol. The lowest BCUT2D eigenvalue weighted by atomic mass is 10.2. The molecule has 0 fully saturated rings. The molecule has 1 atom stereocenters. The Morgan fingerprint density at radius 1 is 1.38 bits per heavy atom. The second-order valence-corrected chi connectivity index (χ2v) is 3.44. The zero-order valence-corrected chi connectivity index (χ0v) is 8.56. The number of nitrogens with zero attached hydrogens (tertiary/aromatic N) is 4. The molecule has 74 valence electrons. The third-order valence-electron chi connectivity index (χ3n) is 1.86. The van der Waals surface area contributed by atoms with Gasteiger partial charge in [-0.3, -0.25) is 0 Å². The number of aromatic nitrogens is 4. The summed E-state index contributed by atoms with van der Waals surface area (Å²) in [5.74, 6) is 1.25. The first-order valence-electron chi connectivity index (χ1n) is 4.43. The highest BCUT2D eigenvalue weighted by Gasteiger charge is 2.14. The van der Waals surface area contributed by atoms with Crippen molar-refractivity contribution in [3.05, 3.63) is 5.82 Å². The minimum Gasteiger partial charge on any atom is -0.382 e. The van der Waals surface area contributed by atoms with Crippen LogP contribution in [-0.4, -0.2) is 33.9 Å². The standard InChI is InChI=1S/C8H16N4O/c1-6(2)8-9-10-11-12(8)7(3)5-13-4/h6-7H,5H2,1-4H3. The van der Waals surface area contributed by atoms with Crippen molar-refractivity contribution in [1.29, 1.82) is 0 Å². The van der Waals surface area contributed by atoms with Gasteiger partial charge in [0.1, 0.15) is 0 Å². The first kappa shape index (κ1) is 10.1. The van der Waals surface area contributed by atoms with Crippen molar-refractivity contribution in [3.63, 3.8) is 0 Å². The third-order valence-corrected chi connectivity index (χ3v) is 1.86. The van der Waals surface area contributed by atoms with Crippen LogP contribution in [0.1, 0.15) is 38.6 Å². The van der Waals surface area contributed by atoms with Gasteiger partial charge in [0.05, 0.1) is 12.6 Å². The van der Waals surface area contributed by atoms with Gasteiger partial charge in [0, 0.05) is 13.0 Å². The van der Waals surface area contributed by atoms with Crippen LogP contribution >= 0.6 is 0 Å². The molecule has 0 saturated heterocycles. The van der Waals surface area contributed by atoms with Gasteiger partial charge in [-0.1, -0.05) is 13.8 Å². The van der Waals surface area contributed by atoms with Gasteiger partial charge >= 0.3 is 0 Å². The molecule has 0 aliphatic rings. The molecule has 1 aromatic rings. The molecule has 0 aromatic carbocycles. The maximum atomic E-state index is 5.05. The van der Waals surface area contributed by atoms with Crippen molar-refractivity contribution < 1.29 is 4.74 Å². The molecule has 0 bridgehead atoms. The summed E-state index contributed by atoms with van der Waals surface area (Å²) in [6.45, 7) is 6.81. The maximum Gasteiger partial charge on any atom is 0.154 e. The minimum absolute atomic E-state index is 0.192. The lowest BCUT2D eigenvalue weighted by Crippen LogP contribution is -2.16. The van der Waals surface area contributed by atoms with Gasteiger partial charge in [-0.2, -0.15) is 0 Å². The lowest BCUT2D eigenvalue weighted by Gasteiger charge is -2.13. The summed E-state index contributed by atoms with van der Waals surface area (Å²) in [5.41, 5.74) is 0. The molecular formula is C8H16N4O. The molecule has 0 saturated carbocycles. The van der Waals surface area contributed by atoms with Gasteiger partial charge in [-0.05, 0) is 17.4 Å². The molecule has 0 amide bonds. The van der Waals surface area contributed by atoms with Crippen molar-refractivity contribution in [2.75, 3.05) is 13.7 Å². The van der Waals surface area contributed by atoms with E-state index in [9.17, 15) is 0 Å². The summed E-state index contributed by atoms with van der Waals surface area (Å²) in [6, 6.07) is 0.192. The van der Waals surface area contributed by atoms with Crippen LogP contribution in [0.15, 0.2) is 0 Å². The normalized spacial score (nSPS) is 13.6. The molecule has 5 heteroatoms. The number of rotatable bonds is 4. The number of hydrogen-bond acceptors (Lipinski definition) is 4. The second-order valence-electron chi connectivity index (χ2n) is 3.44. The Hall–Kier alpha value is -0.970. The van der Waals surface area contributed by atoms with Crippen LogP contribution in [0, 0.1) is 0 Å². The van der Waals surface area contributed by atoms with E-state index in [-0.39, 0.29) is 6.04 Å². The zero-order valence-electron chi connectivity index (χ0n) is 8.56. The number of ether oxygens (including phenoxy) is 1. The maximum absolute atomic E-state index is 5.05. The van der Waals surface area contributed by atoms with E-state index in [1.54, 1.807) is 7.11 Å². The number of tetrazole rings is 1. The van der Waals surface area contributed by atoms with Gasteiger partial charge in [-0.15, -0.1) is 5.10 Å². The van der Waals surface area contributed by atoms with E-state index in [0.717, 1.165) is 5.82 Å². The monoisotopic (exact) mass is 184 g/mol. The summed E-state index contributed by atoms with van der Waals surface area (Å²) in [4.78, 5) is 0. The molecule has 0 aliphatic heterocycles. The summed E-state index contributed by atoms with van der Waals surface area (Å²) >= 11 is 0. The lowest BCUT2D eigenvalue weighted by molar-refractivity contribution is 0.154. The van der Waals surface area contributed by atoms with Gasteiger partial charge in [0.25, 0.3) is 0 Å². The fraction of sp³-hybridized carbons (Fsp3) is 0.875. The van der Waals surface area contributed by atoms with Crippen LogP contribution in [0.4, 0.5) is 0 Å². The molecule has 0 spiro atoms. The van der Waals surface area contributed by atoms with E-state index in [1.807, 2.05) is 11.6 Å². The van der Waals surface area contributed by atoms with Crippen molar-refractivity contribution in [1.82, 2.24) is 20.2 Å². The summed E-state index contributed by atoms with van der Waals surface area (Å²) in [5, 5.41) is 11.6. The number of methoxy groups -OCH3 is 1. The van der Waals surface area contributed by atoms with Crippen molar-refractivity contribution in [3.8, 4) is 0 Å². The topological polar surface area (TPSA) is 52.8 Å². The molecule has 1 rings (SSSR count). The Morgan fingerprint density at radius 2 is 2.08 bits per heavy atom. The van der Waals surface area contributed by atoms with E-state index in [1.165, 1.54) is 0 Å². The first-order valence-corrected chi connectivity index (χ1v) is 4.43. The molecule has 13 heavy (non-hydrogen) atoms. The summed E-state index contributed by atoms with van der Waals surface area (Å²) < 4.78 is 6.86. The van der Waals surface area contributed by atoms with E-state index >= 15 is 0 Å². The SMILES string of the molecule is COCC(C)n1nnnc1C(C)C. The van der Waals surface area contributed by atoms with Crippen LogP contribution in [0.3, 0.4) is 0 Å². The smallest absolute Gasteiger partial charge is 0.154 e. The van der Waals surface area contributed by atoms with Crippen LogP contribution in [-0.2, 0) is 4.74 Å². The van der Waals surface area contributed by atoms with Gasteiger partial charge in [0.15, 0.2) is 5.82 Å². The zero-order chi connectivity index (χ0) is 9.84. The molecular weight excluding hydrogens is 168 g/mol. The molecule has 5 nitrogen and oxygen atoms in total. The third kappa shape index (κ3) is 2.24. The number of hydrogen-bond donors (Lipinski definition) is 0. The molecule has 1 heterocycles. The Bertz CT molecular complexity index is 258. The molecule has 0 radical (unpaired) electrons. The fourth-order valence-electron chi connectivity index (χ4n) is 1.21. The highest BCUT2D eigenvalue weighted by molar-refractivity contribution is 4.90. The van der Waals surface area contributed by atoms with Crippen LogP contribution in [0.2, 0.25) is 0 Å². The first-order chi connectivity index (χ1) is 6.16. The average Bonchev–Trinajstić information content (AvgIpc) is 2.52. The van der Waals surface area contributed by atoms with Crippen molar-refractivity contribution in [2.24, 2.45) is 0 Å². The fourth-order valence-corrected chi connectivity index (χ4v) is 1.21. The Balaban J connectivity index is 2.80. The molecule has 0 N–H and O–H groups in total. The van der Waals surface area contributed by atoms with Gasteiger partial charge in [-0.25, -0.2) is 4.68 Å². The van der Waals surface area contributed by atoms with E-state index in [4.69, 9.17) is 4.74 Å². The van der Waals surface area contributed by atoms with Gasteiger partial charge in [0.2, 0.25) is 0 Å². The minimum atomic E-state index is 0.192. The largest absolute Gasteiger partial charge is 0.382 e. The molecule has 1 aromatic heterocycles. The van der Waals surface area contributed by atoms with Crippen molar-refractivity contribution >= 4 is 0 Å². The predicted octanol–water partition coefficient (Wildman–Crippen LogP) is 1.00. The quantitative estimate of drug-likeness (QED) is 0.700.